The van der Waals surface area contributed by atoms with Crippen LogP contribution in [0.4, 0.5) is 0 Å². The highest BCUT2D eigenvalue weighted by Crippen LogP contribution is 1.76. The van der Waals surface area contributed by atoms with Gasteiger partial charge in [0.05, 0.1) is 19.8 Å². The van der Waals surface area contributed by atoms with E-state index < -0.39 is 6.79 Å². The first-order valence-electron chi connectivity index (χ1n) is 4.80. The van der Waals surface area contributed by atoms with Crippen LogP contribution < -0.4 is 5.32 Å². The summed E-state index contributed by atoms with van der Waals surface area (Å²) in [6.45, 7) is 5.73. The van der Waals surface area contributed by atoms with Gasteiger partial charge in [-0.2, -0.15) is 0 Å². The Morgan fingerprint density at radius 3 is 2.12 bits per heavy atom. The van der Waals surface area contributed by atoms with Gasteiger partial charge in [0.2, 0.25) is 5.91 Å². The number of carbonyl (C=O) groups is 1. The first-order valence-corrected chi connectivity index (χ1v) is 4.80. The van der Waals surface area contributed by atoms with Crippen molar-refractivity contribution in [3.05, 3.63) is 0 Å². The fourth-order valence-corrected chi connectivity index (χ4v) is 0.663. The van der Waals surface area contributed by atoms with Gasteiger partial charge in [-0.05, 0) is 6.92 Å². The zero-order valence-corrected chi connectivity index (χ0v) is 9.36. The van der Waals surface area contributed by atoms with Crippen molar-refractivity contribution in [3.8, 4) is 0 Å². The third-order valence-electron chi connectivity index (χ3n) is 1.20. The topological polar surface area (TPSA) is 88.0 Å². The molecular weight excluding hydrogens is 214 g/mol. The molecule has 0 rings (SSSR count). The van der Waals surface area contributed by atoms with E-state index in [4.69, 9.17) is 19.7 Å². The maximum atomic E-state index is 10.4. The Labute approximate surface area is 97.6 Å². The van der Waals surface area contributed by atoms with Crippen LogP contribution >= 0.6 is 0 Å². The first kappa shape index (κ1) is 20.7. The molecule has 6 nitrogen and oxygen atoms in total. The highest BCUT2D eigenvalue weighted by atomic mass is 16.5. The molecule has 0 heterocycles. The minimum atomic E-state index is -0.750. The number of ether oxygens (including phenoxy) is 2. The summed E-state index contributed by atoms with van der Waals surface area (Å²) in [6, 6.07) is 0. The largest absolute Gasteiger partial charge is 0.379 e. The van der Waals surface area contributed by atoms with Crippen LogP contribution in [0.3, 0.4) is 0 Å². The molecule has 0 aliphatic heterocycles. The van der Waals surface area contributed by atoms with E-state index >= 15 is 0 Å². The average molecular weight is 239 g/mol. The van der Waals surface area contributed by atoms with Crippen molar-refractivity contribution >= 4 is 5.91 Å². The van der Waals surface area contributed by atoms with Crippen molar-refractivity contribution in [2.24, 2.45) is 0 Å². The molecule has 0 aromatic carbocycles. The van der Waals surface area contributed by atoms with Gasteiger partial charge in [0.25, 0.3) is 0 Å². The molecule has 0 unspecified atom stereocenters. The fraction of sp³-hybridized carbons (Fsp3) is 0.900. The number of rotatable bonds is 7. The maximum absolute atomic E-state index is 10.4. The highest BCUT2D eigenvalue weighted by Gasteiger charge is 1.90. The second-order valence-corrected chi connectivity index (χ2v) is 2.43. The van der Waals surface area contributed by atoms with E-state index in [9.17, 15) is 4.79 Å². The number of amides is 1. The van der Waals surface area contributed by atoms with Crippen LogP contribution in [0.2, 0.25) is 0 Å². The zero-order valence-electron chi connectivity index (χ0n) is 9.36. The van der Waals surface area contributed by atoms with Gasteiger partial charge in [-0.3, -0.25) is 4.79 Å². The van der Waals surface area contributed by atoms with Crippen molar-refractivity contribution in [2.75, 3.05) is 39.8 Å². The summed E-state index contributed by atoms with van der Waals surface area (Å²) in [5, 5.41) is 16.9. The average Bonchev–Trinajstić information content (AvgIpc) is 2.17. The van der Waals surface area contributed by atoms with E-state index in [1.807, 2.05) is 6.92 Å². The summed E-state index contributed by atoms with van der Waals surface area (Å²) in [6.07, 6.45) is 0. The second-order valence-electron chi connectivity index (χ2n) is 2.43. The summed E-state index contributed by atoms with van der Waals surface area (Å²) >= 11 is 0. The first-order chi connectivity index (χ1) is 7.18. The van der Waals surface area contributed by atoms with Gasteiger partial charge >= 0.3 is 0 Å². The Morgan fingerprint density at radius 1 is 1.19 bits per heavy atom. The van der Waals surface area contributed by atoms with E-state index in [2.05, 4.69) is 5.32 Å². The molecule has 0 aliphatic carbocycles. The SMILES string of the molecule is C.CCOCCOCCNC(C)=O.OCO. The van der Waals surface area contributed by atoms with Crippen LogP contribution in [0.15, 0.2) is 0 Å². The standard InChI is InChI=1S/C8H17NO3.CH4O2.CH4/c1-3-11-6-7-12-5-4-9-8(2)10;2-1-3;/h3-7H2,1-2H3,(H,9,10);2-3H,1H2;1H4. The third kappa shape index (κ3) is 29.2. The van der Waals surface area contributed by atoms with Crippen LogP contribution in [-0.4, -0.2) is 55.9 Å². The summed E-state index contributed by atoms with van der Waals surface area (Å²) < 4.78 is 10.2. The number of carbonyl (C=O) groups excluding carboxylic acids is 1. The predicted octanol–water partition coefficient (Wildman–Crippen LogP) is -0.260. The summed E-state index contributed by atoms with van der Waals surface area (Å²) in [5.41, 5.74) is 0. The predicted molar refractivity (Wildman–Crippen MR) is 62.0 cm³/mol. The molecule has 6 heteroatoms. The van der Waals surface area contributed by atoms with E-state index in [0.717, 1.165) is 6.61 Å². The zero-order chi connectivity index (χ0) is 11.9. The normalized spacial score (nSPS) is 8.50. The van der Waals surface area contributed by atoms with Crippen molar-refractivity contribution in [3.63, 3.8) is 0 Å². The van der Waals surface area contributed by atoms with Crippen molar-refractivity contribution < 1.29 is 24.5 Å². The van der Waals surface area contributed by atoms with E-state index in [-0.39, 0.29) is 13.3 Å². The fourth-order valence-electron chi connectivity index (χ4n) is 0.663. The monoisotopic (exact) mass is 239 g/mol. The molecule has 1 amide bonds. The van der Waals surface area contributed by atoms with Crippen LogP contribution in [0, 0.1) is 0 Å². The molecule has 100 valence electrons. The number of nitrogens with one attached hydrogen (secondary N) is 1. The minimum absolute atomic E-state index is 0. The van der Waals surface area contributed by atoms with E-state index in [0.29, 0.717) is 26.4 Å². The van der Waals surface area contributed by atoms with E-state index in [1.165, 1.54) is 6.92 Å². The lowest BCUT2D eigenvalue weighted by atomic mass is 10.6. The molecular formula is C10H25NO5. The lowest BCUT2D eigenvalue weighted by Crippen LogP contribution is -2.24. The van der Waals surface area contributed by atoms with Gasteiger partial charge in [-0.15, -0.1) is 0 Å². The van der Waals surface area contributed by atoms with Crippen LogP contribution in [0.5, 0.6) is 0 Å². The van der Waals surface area contributed by atoms with Crippen LogP contribution in [0.25, 0.3) is 0 Å². The van der Waals surface area contributed by atoms with Crippen LogP contribution in [0.1, 0.15) is 21.3 Å². The van der Waals surface area contributed by atoms with Crippen LogP contribution in [-0.2, 0) is 14.3 Å². The Morgan fingerprint density at radius 2 is 1.69 bits per heavy atom. The van der Waals surface area contributed by atoms with Gasteiger partial charge in [-0.1, -0.05) is 7.43 Å². The van der Waals surface area contributed by atoms with Crippen molar-refractivity contribution in [2.45, 2.75) is 21.3 Å². The van der Waals surface area contributed by atoms with Gasteiger partial charge in [-0.25, -0.2) is 0 Å². The molecule has 0 radical (unpaired) electrons. The molecule has 0 atom stereocenters. The molecule has 0 saturated heterocycles. The molecule has 0 fully saturated rings. The maximum Gasteiger partial charge on any atom is 0.216 e. The Hall–Kier alpha value is -0.690. The lowest BCUT2D eigenvalue weighted by Gasteiger charge is -2.04. The quantitative estimate of drug-likeness (QED) is 0.421. The highest BCUT2D eigenvalue weighted by molar-refractivity contribution is 5.72. The summed E-state index contributed by atoms with van der Waals surface area (Å²) in [5.74, 6) is -0.0246. The summed E-state index contributed by atoms with van der Waals surface area (Å²) in [7, 11) is 0. The number of hydrogen-bond donors (Lipinski definition) is 3. The molecule has 0 aromatic heterocycles. The van der Waals surface area contributed by atoms with E-state index in [1.54, 1.807) is 0 Å². The van der Waals surface area contributed by atoms with Crippen molar-refractivity contribution in [1.82, 2.24) is 5.32 Å². The number of aliphatic hydroxyl groups excluding tert-OH is 1. The van der Waals surface area contributed by atoms with Gasteiger partial charge in [0.1, 0.15) is 6.79 Å². The molecule has 0 bridgehead atoms. The van der Waals surface area contributed by atoms with Crippen molar-refractivity contribution in [1.29, 1.82) is 0 Å². The Bertz CT molecular complexity index is 132. The molecule has 0 saturated carbocycles. The van der Waals surface area contributed by atoms with Gasteiger partial charge in [0.15, 0.2) is 0 Å². The lowest BCUT2D eigenvalue weighted by molar-refractivity contribution is -0.119. The van der Waals surface area contributed by atoms with Gasteiger partial charge < -0.3 is 25.0 Å². The van der Waals surface area contributed by atoms with Gasteiger partial charge in [0, 0.05) is 20.1 Å². The molecule has 0 aliphatic rings. The Balaban J connectivity index is -0.000000377. The smallest absolute Gasteiger partial charge is 0.216 e. The molecule has 0 spiro atoms. The molecule has 0 aromatic rings. The number of aliphatic hydroxyl groups is 2. The Kier molecular flexibility index (Phi) is 25.6. The minimum Gasteiger partial charge on any atom is -0.379 e. The third-order valence-corrected chi connectivity index (χ3v) is 1.20. The number of hydrogen-bond acceptors (Lipinski definition) is 5. The second kappa shape index (κ2) is 19.8. The summed E-state index contributed by atoms with van der Waals surface area (Å²) in [4.78, 5) is 10.4. The molecule has 16 heavy (non-hydrogen) atoms. The molecule has 3 N–H and O–H groups in total.